The molecule has 11 rings (SSSR count). The fraction of sp³-hybridized carbons (Fsp3) is 0. The highest BCUT2D eigenvalue weighted by atomic mass is 16.3. The molecule has 11 aromatic rings. The second-order valence-electron chi connectivity index (χ2n) is 13.3. The zero-order valence-corrected chi connectivity index (χ0v) is 27.5. The van der Waals surface area contributed by atoms with Gasteiger partial charge in [0.2, 0.25) is 0 Å². The third kappa shape index (κ3) is 4.32. The lowest BCUT2D eigenvalue weighted by Crippen LogP contribution is -1.96. The summed E-state index contributed by atoms with van der Waals surface area (Å²) in [4.78, 5) is 10.4. The number of furan rings is 1. The number of benzene rings is 9. The van der Waals surface area contributed by atoms with Gasteiger partial charge in [0, 0.05) is 27.3 Å². The first kappa shape index (κ1) is 28.0. The molecule has 0 amide bonds. The summed E-state index contributed by atoms with van der Waals surface area (Å²) in [6.07, 6.45) is 0. The van der Waals surface area contributed by atoms with Gasteiger partial charge in [0.25, 0.3) is 0 Å². The number of para-hydroxylation sites is 1. The van der Waals surface area contributed by atoms with Crippen LogP contribution in [0.25, 0.3) is 110 Å². The van der Waals surface area contributed by atoms with E-state index < -0.39 is 0 Å². The van der Waals surface area contributed by atoms with E-state index in [9.17, 15) is 0 Å². The summed E-state index contributed by atoms with van der Waals surface area (Å²) in [5.74, 6) is 0.699. The van der Waals surface area contributed by atoms with Gasteiger partial charge < -0.3 is 4.42 Å². The second-order valence-corrected chi connectivity index (χ2v) is 13.3. The summed E-state index contributed by atoms with van der Waals surface area (Å²) in [6.45, 7) is 0. The van der Waals surface area contributed by atoms with E-state index in [1.165, 1.54) is 43.1 Å². The molecule has 236 valence electrons. The monoisotopic (exact) mass is 648 g/mol. The van der Waals surface area contributed by atoms with E-state index in [4.69, 9.17) is 14.4 Å². The molecule has 2 heterocycles. The fourth-order valence-corrected chi connectivity index (χ4v) is 8.03. The molecule has 0 saturated heterocycles. The fourth-order valence-electron chi connectivity index (χ4n) is 8.03. The van der Waals surface area contributed by atoms with Gasteiger partial charge in [-0.1, -0.05) is 140 Å². The Morgan fingerprint density at radius 3 is 1.96 bits per heavy atom. The Balaban J connectivity index is 1.12. The minimum absolute atomic E-state index is 0.699. The number of aromatic nitrogens is 2. The van der Waals surface area contributed by atoms with E-state index in [1.54, 1.807) is 0 Å². The lowest BCUT2D eigenvalue weighted by Gasteiger charge is -2.13. The first-order valence-corrected chi connectivity index (χ1v) is 17.3. The highest BCUT2D eigenvalue weighted by Gasteiger charge is 2.18. The maximum atomic E-state index is 6.28. The zero-order chi connectivity index (χ0) is 33.5. The van der Waals surface area contributed by atoms with Gasteiger partial charge in [0.15, 0.2) is 5.82 Å². The SMILES string of the molecule is c1ccc(-c2nc(-c3cccc4oc5ccccc5c34)c3ccc(-c4ccc5c(ccc6ccc7c8ccccc8ccc7c65)c4)cc3n2)cc1. The van der Waals surface area contributed by atoms with Crippen molar-refractivity contribution in [2.24, 2.45) is 0 Å². The Hall–Kier alpha value is -6.84. The Labute approximate surface area is 293 Å². The molecular weight excluding hydrogens is 621 g/mol. The van der Waals surface area contributed by atoms with Crippen LogP contribution in [0.5, 0.6) is 0 Å². The standard InChI is InChI=1S/C48H28N2O/c1-2-10-31(11-3-1)48-49-42-28-33(22-26-39(42)47(50-48)41-14-8-16-44-46(41)40-13-6-7-15-43(40)51-44)32-21-23-36-34(27-32)18-17-30-20-24-37-35-12-5-4-9-29(35)19-25-38(37)45(30)36/h1-28H. The normalized spacial score (nSPS) is 11.9. The third-order valence-electron chi connectivity index (χ3n) is 10.4. The van der Waals surface area contributed by atoms with E-state index >= 15 is 0 Å². The molecule has 0 saturated carbocycles. The van der Waals surface area contributed by atoms with Crippen LogP contribution in [0.2, 0.25) is 0 Å². The van der Waals surface area contributed by atoms with Crippen molar-refractivity contribution in [3.8, 4) is 33.8 Å². The summed E-state index contributed by atoms with van der Waals surface area (Å²) in [5, 5.41) is 13.3. The van der Waals surface area contributed by atoms with Gasteiger partial charge in [-0.05, 0) is 84.5 Å². The number of rotatable bonds is 3. The maximum absolute atomic E-state index is 6.28. The van der Waals surface area contributed by atoms with Crippen molar-refractivity contribution >= 4 is 75.9 Å². The Kier molecular flexibility index (Phi) is 5.96. The molecule has 0 unspecified atom stereocenters. The van der Waals surface area contributed by atoms with Crippen LogP contribution < -0.4 is 0 Å². The zero-order valence-electron chi connectivity index (χ0n) is 27.5. The van der Waals surface area contributed by atoms with E-state index in [1.807, 2.05) is 36.4 Å². The van der Waals surface area contributed by atoms with Gasteiger partial charge in [-0.15, -0.1) is 0 Å². The largest absolute Gasteiger partial charge is 0.456 e. The molecule has 0 aliphatic heterocycles. The first-order chi connectivity index (χ1) is 25.3. The predicted molar refractivity (Wildman–Crippen MR) is 213 cm³/mol. The Bertz CT molecular complexity index is 3190. The lowest BCUT2D eigenvalue weighted by molar-refractivity contribution is 0.669. The molecule has 51 heavy (non-hydrogen) atoms. The van der Waals surface area contributed by atoms with Gasteiger partial charge in [-0.2, -0.15) is 0 Å². The third-order valence-corrected chi connectivity index (χ3v) is 10.4. The Morgan fingerprint density at radius 2 is 1.04 bits per heavy atom. The molecule has 2 aromatic heterocycles. The maximum Gasteiger partial charge on any atom is 0.160 e. The highest BCUT2D eigenvalue weighted by molar-refractivity contribution is 6.25. The van der Waals surface area contributed by atoms with Crippen LogP contribution >= 0.6 is 0 Å². The summed E-state index contributed by atoms with van der Waals surface area (Å²) in [5.41, 5.74) is 7.80. The molecule has 0 spiro atoms. The predicted octanol–water partition coefficient (Wildman–Crippen LogP) is 13.1. The molecule has 0 radical (unpaired) electrons. The molecule has 0 bridgehead atoms. The van der Waals surface area contributed by atoms with E-state index in [0.717, 1.165) is 60.8 Å². The number of nitrogens with zero attached hydrogens (tertiary/aromatic N) is 2. The van der Waals surface area contributed by atoms with E-state index in [0.29, 0.717) is 5.82 Å². The van der Waals surface area contributed by atoms with Gasteiger partial charge in [0.05, 0.1) is 11.2 Å². The van der Waals surface area contributed by atoms with E-state index in [2.05, 4.69) is 133 Å². The van der Waals surface area contributed by atoms with Crippen LogP contribution in [0.15, 0.2) is 174 Å². The molecule has 0 N–H and O–H groups in total. The van der Waals surface area contributed by atoms with Crippen LogP contribution in [0.1, 0.15) is 0 Å². The number of hydrogen-bond acceptors (Lipinski definition) is 3. The number of fused-ring (bicyclic) bond motifs is 11. The van der Waals surface area contributed by atoms with Crippen molar-refractivity contribution in [1.82, 2.24) is 9.97 Å². The minimum Gasteiger partial charge on any atom is -0.456 e. The van der Waals surface area contributed by atoms with E-state index in [-0.39, 0.29) is 0 Å². The molecule has 9 aromatic carbocycles. The van der Waals surface area contributed by atoms with Gasteiger partial charge in [-0.25, -0.2) is 9.97 Å². The van der Waals surface area contributed by atoms with Crippen LogP contribution in [-0.2, 0) is 0 Å². The quantitative estimate of drug-likeness (QED) is 0.179. The summed E-state index contributed by atoms with van der Waals surface area (Å²) >= 11 is 0. The van der Waals surface area contributed by atoms with Crippen LogP contribution in [-0.4, -0.2) is 9.97 Å². The lowest BCUT2D eigenvalue weighted by atomic mass is 9.92. The molecule has 0 aliphatic carbocycles. The highest BCUT2D eigenvalue weighted by Crippen LogP contribution is 2.41. The van der Waals surface area contributed by atoms with Crippen molar-refractivity contribution in [3.05, 3.63) is 170 Å². The van der Waals surface area contributed by atoms with Crippen LogP contribution in [0.3, 0.4) is 0 Å². The molecule has 3 heteroatoms. The van der Waals surface area contributed by atoms with Crippen LogP contribution in [0.4, 0.5) is 0 Å². The van der Waals surface area contributed by atoms with Crippen molar-refractivity contribution in [2.45, 2.75) is 0 Å². The molecular formula is C48H28N2O. The average molecular weight is 649 g/mol. The molecule has 0 aliphatic rings. The van der Waals surface area contributed by atoms with Crippen LogP contribution in [0, 0.1) is 0 Å². The van der Waals surface area contributed by atoms with Crippen molar-refractivity contribution < 1.29 is 4.42 Å². The summed E-state index contributed by atoms with van der Waals surface area (Å²) in [7, 11) is 0. The number of hydrogen-bond donors (Lipinski definition) is 0. The molecule has 0 atom stereocenters. The van der Waals surface area contributed by atoms with Gasteiger partial charge >= 0.3 is 0 Å². The van der Waals surface area contributed by atoms with Gasteiger partial charge in [-0.3, -0.25) is 0 Å². The second kappa shape index (κ2) is 10.8. The molecule has 0 fully saturated rings. The average Bonchev–Trinajstić information content (AvgIpc) is 3.59. The smallest absolute Gasteiger partial charge is 0.160 e. The van der Waals surface area contributed by atoms with Gasteiger partial charge in [0.1, 0.15) is 11.2 Å². The van der Waals surface area contributed by atoms with Crippen molar-refractivity contribution in [1.29, 1.82) is 0 Å². The molecule has 3 nitrogen and oxygen atoms in total. The van der Waals surface area contributed by atoms with Crippen molar-refractivity contribution in [2.75, 3.05) is 0 Å². The Morgan fingerprint density at radius 1 is 0.353 bits per heavy atom. The summed E-state index contributed by atoms with van der Waals surface area (Å²) < 4.78 is 6.28. The minimum atomic E-state index is 0.699. The first-order valence-electron chi connectivity index (χ1n) is 17.3. The summed E-state index contributed by atoms with van der Waals surface area (Å²) in [6, 6.07) is 60.3. The van der Waals surface area contributed by atoms with Crippen molar-refractivity contribution in [3.63, 3.8) is 0 Å². The topological polar surface area (TPSA) is 38.9 Å².